The summed E-state index contributed by atoms with van der Waals surface area (Å²) >= 11 is 1.74. The van der Waals surface area contributed by atoms with E-state index in [1.807, 2.05) is 6.07 Å². The maximum atomic E-state index is 5.33. The number of rotatable bonds is 3. The van der Waals surface area contributed by atoms with E-state index in [-0.39, 0.29) is 0 Å². The van der Waals surface area contributed by atoms with E-state index in [0.29, 0.717) is 6.04 Å². The molecule has 3 N–H and O–H groups in total. The molecule has 1 rings (SSSR count). The van der Waals surface area contributed by atoms with Gasteiger partial charge in [0.1, 0.15) is 0 Å². The molecule has 1 aromatic rings. The highest BCUT2D eigenvalue weighted by Gasteiger charge is 2.05. The maximum Gasteiger partial charge on any atom is 0.0550 e. The van der Waals surface area contributed by atoms with E-state index in [4.69, 9.17) is 5.84 Å². The fourth-order valence-corrected chi connectivity index (χ4v) is 1.76. The van der Waals surface area contributed by atoms with Crippen molar-refractivity contribution in [2.75, 3.05) is 0 Å². The molecular formula is C7H12N2S. The minimum absolute atomic E-state index is 0.333. The summed E-state index contributed by atoms with van der Waals surface area (Å²) < 4.78 is 0. The Morgan fingerprint density at radius 3 is 3.00 bits per heavy atom. The minimum atomic E-state index is 0.333. The summed E-state index contributed by atoms with van der Waals surface area (Å²) in [5.41, 5.74) is 2.76. The highest BCUT2D eigenvalue weighted by atomic mass is 32.1. The van der Waals surface area contributed by atoms with E-state index in [2.05, 4.69) is 23.8 Å². The molecule has 0 amide bonds. The lowest BCUT2D eigenvalue weighted by atomic mass is 10.2. The van der Waals surface area contributed by atoms with Gasteiger partial charge >= 0.3 is 0 Å². The number of hydrazine groups is 1. The molecule has 0 spiro atoms. The summed E-state index contributed by atoms with van der Waals surface area (Å²) in [6.45, 7) is 2.12. The molecule has 0 aliphatic heterocycles. The van der Waals surface area contributed by atoms with Gasteiger partial charge < -0.3 is 0 Å². The summed E-state index contributed by atoms with van der Waals surface area (Å²) in [4.78, 5) is 1.31. The van der Waals surface area contributed by atoms with Gasteiger partial charge in [0.2, 0.25) is 0 Å². The van der Waals surface area contributed by atoms with Crippen molar-refractivity contribution < 1.29 is 0 Å². The van der Waals surface area contributed by atoms with Gasteiger partial charge in [-0.2, -0.15) is 0 Å². The summed E-state index contributed by atoms with van der Waals surface area (Å²) in [6, 6.07) is 4.47. The molecule has 0 aliphatic carbocycles. The molecule has 0 bridgehead atoms. The van der Waals surface area contributed by atoms with Crippen LogP contribution in [0.2, 0.25) is 0 Å². The van der Waals surface area contributed by atoms with Gasteiger partial charge in [-0.3, -0.25) is 11.3 Å². The Balaban J connectivity index is 2.64. The maximum absolute atomic E-state index is 5.33. The first-order valence-corrected chi connectivity index (χ1v) is 4.26. The van der Waals surface area contributed by atoms with E-state index >= 15 is 0 Å². The Kier molecular flexibility index (Phi) is 2.86. The largest absolute Gasteiger partial charge is 0.271 e. The molecule has 56 valence electrons. The quantitative estimate of drug-likeness (QED) is 0.516. The molecule has 2 nitrogen and oxygen atoms in total. The molecule has 0 radical (unpaired) electrons. The molecule has 3 heteroatoms. The van der Waals surface area contributed by atoms with E-state index in [1.54, 1.807) is 11.3 Å². The highest BCUT2D eigenvalue weighted by Crippen LogP contribution is 2.20. The predicted molar refractivity (Wildman–Crippen MR) is 44.7 cm³/mol. The van der Waals surface area contributed by atoms with Crippen LogP contribution >= 0.6 is 11.3 Å². The number of thiophene rings is 1. The molecule has 0 saturated heterocycles. The third kappa shape index (κ3) is 1.56. The molecule has 1 atom stereocenters. The van der Waals surface area contributed by atoms with Gasteiger partial charge in [0.15, 0.2) is 0 Å². The Morgan fingerprint density at radius 1 is 1.80 bits per heavy atom. The van der Waals surface area contributed by atoms with Crippen molar-refractivity contribution in [2.45, 2.75) is 19.4 Å². The fourth-order valence-electron chi connectivity index (χ4n) is 0.891. The van der Waals surface area contributed by atoms with Crippen LogP contribution in [-0.2, 0) is 0 Å². The highest BCUT2D eigenvalue weighted by molar-refractivity contribution is 7.10. The SMILES string of the molecule is CCC(NN)c1cccs1. The summed E-state index contributed by atoms with van der Waals surface area (Å²) in [5.74, 6) is 5.33. The van der Waals surface area contributed by atoms with Gasteiger partial charge in [0.25, 0.3) is 0 Å². The third-order valence-corrected chi connectivity index (χ3v) is 2.48. The van der Waals surface area contributed by atoms with Crippen molar-refractivity contribution in [3.63, 3.8) is 0 Å². The second kappa shape index (κ2) is 3.71. The second-order valence-corrected chi connectivity index (χ2v) is 3.12. The average molecular weight is 156 g/mol. The van der Waals surface area contributed by atoms with Gasteiger partial charge in [-0.05, 0) is 17.9 Å². The first-order valence-electron chi connectivity index (χ1n) is 3.38. The summed E-state index contributed by atoms with van der Waals surface area (Å²) in [7, 11) is 0. The topological polar surface area (TPSA) is 38.0 Å². The van der Waals surface area contributed by atoms with Crippen molar-refractivity contribution >= 4 is 11.3 Å². The van der Waals surface area contributed by atoms with Crippen LogP contribution in [0.1, 0.15) is 24.3 Å². The van der Waals surface area contributed by atoms with Gasteiger partial charge in [-0.1, -0.05) is 13.0 Å². The molecule has 10 heavy (non-hydrogen) atoms. The molecule has 1 unspecified atom stereocenters. The normalized spacial score (nSPS) is 13.4. The number of hydrogen-bond acceptors (Lipinski definition) is 3. The van der Waals surface area contributed by atoms with Crippen LogP contribution in [0.5, 0.6) is 0 Å². The molecular weight excluding hydrogens is 144 g/mol. The van der Waals surface area contributed by atoms with Crippen LogP contribution in [0.25, 0.3) is 0 Å². The predicted octanol–water partition coefficient (Wildman–Crippen LogP) is 1.66. The van der Waals surface area contributed by atoms with Crippen molar-refractivity contribution in [2.24, 2.45) is 5.84 Å². The minimum Gasteiger partial charge on any atom is -0.271 e. The van der Waals surface area contributed by atoms with Crippen molar-refractivity contribution in [1.29, 1.82) is 0 Å². The zero-order valence-corrected chi connectivity index (χ0v) is 6.82. The zero-order chi connectivity index (χ0) is 7.40. The fraction of sp³-hybridized carbons (Fsp3) is 0.429. The summed E-state index contributed by atoms with van der Waals surface area (Å²) in [6.07, 6.45) is 1.04. The number of nitrogens with two attached hydrogens (primary N) is 1. The van der Waals surface area contributed by atoms with Crippen LogP contribution in [0.15, 0.2) is 17.5 Å². The lowest BCUT2D eigenvalue weighted by Crippen LogP contribution is -2.26. The molecule has 1 heterocycles. The van der Waals surface area contributed by atoms with Crippen molar-refractivity contribution in [3.8, 4) is 0 Å². The first-order chi connectivity index (χ1) is 4.88. The van der Waals surface area contributed by atoms with Crippen LogP contribution in [0, 0.1) is 0 Å². The van der Waals surface area contributed by atoms with Crippen LogP contribution in [0.4, 0.5) is 0 Å². The standard InChI is InChI=1S/C7H12N2S/c1-2-6(9-8)7-4-3-5-10-7/h3-6,9H,2,8H2,1H3. The molecule has 0 aliphatic rings. The molecule has 0 saturated carbocycles. The van der Waals surface area contributed by atoms with E-state index < -0.39 is 0 Å². The van der Waals surface area contributed by atoms with Crippen LogP contribution < -0.4 is 11.3 Å². The van der Waals surface area contributed by atoms with Gasteiger partial charge in [0.05, 0.1) is 6.04 Å². The number of nitrogens with one attached hydrogen (secondary N) is 1. The molecule has 0 aromatic carbocycles. The van der Waals surface area contributed by atoms with Crippen molar-refractivity contribution in [3.05, 3.63) is 22.4 Å². The third-order valence-electron chi connectivity index (χ3n) is 1.50. The lowest BCUT2D eigenvalue weighted by molar-refractivity contribution is 0.547. The second-order valence-electron chi connectivity index (χ2n) is 2.14. The van der Waals surface area contributed by atoms with E-state index in [0.717, 1.165) is 6.42 Å². The van der Waals surface area contributed by atoms with Crippen LogP contribution in [-0.4, -0.2) is 0 Å². The Hall–Kier alpha value is -0.380. The first kappa shape index (κ1) is 7.72. The van der Waals surface area contributed by atoms with Gasteiger partial charge in [-0.15, -0.1) is 11.3 Å². The Bertz CT molecular complexity index is 168. The van der Waals surface area contributed by atoms with Gasteiger partial charge in [-0.25, -0.2) is 0 Å². The zero-order valence-electron chi connectivity index (χ0n) is 6.00. The van der Waals surface area contributed by atoms with Gasteiger partial charge in [0, 0.05) is 4.88 Å². The molecule has 1 aromatic heterocycles. The monoisotopic (exact) mass is 156 g/mol. The molecule has 0 fully saturated rings. The Morgan fingerprint density at radius 2 is 2.60 bits per heavy atom. The smallest absolute Gasteiger partial charge is 0.0550 e. The van der Waals surface area contributed by atoms with Crippen LogP contribution in [0.3, 0.4) is 0 Å². The number of hydrogen-bond donors (Lipinski definition) is 2. The Labute approximate surface area is 65.0 Å². The van der Waals surface area contributed by atoms with Crippen molar-refractivity contribution in [1.82, 2.24) is 5.43 Å². The van der Waals surface area contributed by atoms with E-state index in [1.165, 1.54) is 4.88 Å². The van der Waals surface area contributed by atoms with E-state index in [9.17, 15) is 0 Å². The summed E-state index contributed by atoms with van der Waals surface area (Å²) in [5, 5.41) is 2.06. The average Bonchev–Trinajstić information content (AvgIpc) is 2.43. The lowest BCUT2D eigenvalue weighted by Gasteiger charge is -2.09.